The zero-order valence-electron chi connectivity index (χ0n) is 8.92. The Kier molecular flexibility index (Phi) is 2.87. The van der Waals surface area contributed by atoms with E-state index < -0.39 is 0 Å². The van der Waals surface area contributed by atoms with Gasteiger partial charge in [-0.15, -0.1) is 0 Å². The number of oxazole rings is 1. The van der Waals surface area contributed by atoms with Crippen molar-refractivity contribution >= 4 is 0 Å². The van der Waals surface area contributed by atoms with Gasteiger partial charge in [0.1, 0.15) is 5.76 Å². The first-order valence-electron chi connectivity index (χ1n) is 5.46. The molecule has 1 aliphatic rings. The minimum Gasteiger partial charge on any atom is -0.448 e. The number of hydrogen-bond acceptors (Lipinski definition) is 3. The molecule has 1 N–H and O–H groups in total. The fraction of sp³-hybridized carbons (Fsp3) is 0.727. The minimum atomic E-state index is 0.635. The summed E-state index contributed by atoms with van der Waals surface area (Å²) in [5.74, 6) is 2.53. The maximum absolute atomic E-state index is 5.44. The number of nitrogens with zero attached hydrogens (tertiary/aromatic N) is 1. The molecule has 1 aromatic heterocycles. The van der Waals surface area contributed by atoms with E-state index in [1.807, 2.05) is 0 Å². The molecule has 2 unspecified atom stereocenters. The number of aromatic nitrogens is 1. The number of hydrogen-bond donors (Lipinski definition) is 1. The van der Waals surface area contributed by atoms with Gasteiger partial charge in [-0.1, -0.05) is 13.8 Å². The van der Waals surface area contributed by atoms with Gasteiger partial charge in [-0.05, 0) is 25.3 Å². The Balaban J connectivity index is 1.93. The van der Waals surface area contributed by atoms with E-state index >= 15 is 0 Å². The molecule has 0 bridgehead atoms. The van der Waals surface area contributed by atoms with Crippen molar-refractivity contribution < 1.29 is 4.42 Å². The van der Waals surface area contributed by atoms with Crippen LogP contribution in [0.25, 0.3) is 0 Å². The Hall–Kier alpha value is -0.830. The molecule has 3 nitrogen and oxygen atoms in total. The average molecular weight is 194 g/mol. The van der Waals surface area contributed by atoms with Crippen LogP contribution >= 0.6 is 0 Å². The summed E-state index contributed by atoms with van der Waals surface area (Å²) in [5.41, 5.74) is 1.10. The summed E-state index contributed by atoms with van der Waals surface area (Å²) in [6, 6.07) is 0. The molecule has 1 aliphatic carbocycles. The van der Waals surface area contributed by atoms with Crippen LogP contribution in [0, 0.1) is 5.92 Å². The zero-order valence-corrected chi connectivity index (χ0v) is 8.92. The quantitative estimate of drug-likeness (QED) is 0.731. The van der Waals surface area contributed by atoms with E-state index in [0.29, 0.717) is 5.92 Å². The van der Waals surface area contributed by atoms with E-state index in [4.69, 9.17) is 4.42 Å². The SMILES string of the molecule is CCCNCc1ncoc1C1CC1C. The first-order chi connectivity index (χ1) is 6.83. The number of rotatable bonds is 5. The van der Waals surface area contributed by atoms with Crippen molar-refractivity contribution in [3.05, 3.63) is 17.8 Å². The standard InChI is InChI=1S/C11H18N2O/c1-3-4-12-6-10-11(14-7-13-10)9-5-8(9)2/h7-9,12H,3-6H2,1-2H3. The maximum Gasteiger partial charge on any atom is 0.181 e. The molecule has 0 aromatic carbocycles. The summed E-state index contributed by atoms with van der Waals surface area (Å²) >= 11 is 0. The zero-order chi connectivity index (χ0) is 9.97. The lowest BCUT2D eigenvalue weighted by molar-refractivity contribution is 0.494. The van der Waals surface area contributed by atoms with Gasteiger partial charge in [0, 0.05) is 12.5 Å². The fourth-order valence-electron chi connectivity index (χ4n) is 1.78. The van der Waals surface area contributed by atoms with Gasteiger partial charge < -0.3 is 9.73 Å². The van der Waals surface area contributed by atoms with Gasteiger partial charge in [-0.2, -0.15) is 0 Å². The van der Waals surface area contributed by atoms with Crippen LogP contribution in [0.1, 0.15) is 44.1 Å². The molecular weight excluding hydrogens is 176 g/mol. The molecule has 1 heterocycles. The summed E-state index contributed by atoms with van der Waals surface area (Å²) in [4.78, 5) is 4.25. The van der Waals surface area contributed by atoms with Crippen molar-refractivity contribution in [2.45, 2.75) is 39.2 Å². The third-order valence-corrected chi connectivity index (χ3v) is 2.84. The molecule has 1 fully saturated rings. The summed E-state index contributed by atoms with van der Waals surface area (Å²) < 4.78 is 5.44. The van der Waals surface area contributed by atoms with E-state index in [-0.39, 0.29) is 0 Å². The molecule has 14 heavy (non-hydrogen) atoms. The monoisotopic (exact) mass is 194 g/mol. The highest BCUT2D eigenvalue weighted by Crippen LogP contribution is 2.47. The third-order valence-electron chi connectivity index (χ3n) is 2.84. The Morgan fingerprint density at radius 1 is 1.64 bits per heavy atom. The van der Waals surface area contributed by atoms with Crippen LogP contribution in [0.2, 0.25) is 0 Å². The molecule has 0 radical (unpaired) electrons. The molecule has 1 saturated carbocycles. The van der Waals surface area contributed by atoms with Crippen LogP contribution in [-0.4, -0.2) is 11.5 Å². The van der Waals surface area contributed by atoms with Gasteiger partial charge in [0.15, 0.2) is 6.39 Å². The molecule has 3 heteroatoms. The van der Waals surface area contributed by atoms with Crippen LogP contribution in [0.15, 0.2) is 10.8 Å². The second-order valence-corrected chi connectivity index (χ2v) is 4.16. The molecular formula is C11H18N2O. The van der Waals surface area contributed by atoms with Crippen molar-refractivity contribution in [2.24, 2.45) is 5.92 Å². The predicted octanol–water partition coefficient (Wildman–Crippen LogP) is 2.30. The van der Waals surface area contributed by atoms with E-state index in [2.05, 4.69) is 24.1 Å². The summed E-state index contributed by atoms with van der Waals surface area (Å²) in [6.07, 6.45) is 3.99. The molecule has 0 amide bonds. The summed E-state index contributed by atoms with van der Waals surface area (Å²) in [6.45, 7) is 6.32. The maximum atomic E-state index is 5.44. The van der Waals surface area contributed by atoms with Crippen LogP contribution in [-0.2, 0) is 6.54 Å². The Morgan fingerprint density at radius 3 is 3.07 bits per heavy atom. The van der Waals surface area contributed by atoms with Gasteiger partial charge in [-0.25, -0.2) is 4.98 Å². The number of nitrogens with one attached hydrogen (secondary N) is 1. The Labute approximate surface area is 84.9 Å². The molecule has 1 aromatic rings. The molecule has 78 valence electrons. The van der Waals surface area contributed by atoms with Crippen LogP contribution in [0.4, 0.5) is 0 Å². The van der Waals surface area contributed by atoms with Crippen molar-refractivity contribution in [1.29, 1.82) is 0 Å². The molecule has 0 aliphatic heterocycles. The molecule has 0 saturated heterocycles. The smallest absolute Gasteiger partial charge is 0.181 e. The van der Waals surface area contributed by atoms with E-state index in [1.54, 1.807) is 6.39 Å². The lowest BCUT2D eigenvalue weighted by atomic mass is 10.2. The largest absolute Gasteiger partial charge is 0.448 e. The van der Waals surface area contributed by atoms with Gasteiger partial charge in [0.25, 0.3) is 0 Å². The first kappa shape index (κ1) is 9.71. The van der Waals surface area contributed by atoms with Gasteiger partial charge in [0.2, 0.25) is 0 Å². The molecule has 2 rings (SSSR count). The highest BCUT2D eigenvalue weighted by Gasteiger charge is 2.38. The lowest BCUT2D eigenvalue weighted by Crippen LogP contribution is -2.15. The minimum absolute atomic E-state index is 0.635. The van der Waals surface area contributed by atoms with Crippen LogP contribution in [0.3, 0.4) is 0 Å². The van der Waals surface area contributed by atoms with E-state index in [9.17, 15) is 0 Å². The Bertz CT molecular complexity index is 295. The highest BCUT2D eigenvalue weighted by atomic mass is 16.3. The summed E-state index contributed by atoms with van der Waals surface area (Å²) in [7, 11) is 0. The van der Waals surface area contributed by atoms with Gasteiger partial charge in [0.05, 0.1) is 5.69 Å². The fourth-order valence-corrected chi connectivity index (χ4v) is 1.78. The second kappa shape index (κ2) is 4.13. The van der Waals surface area contributed by atoms with Crippen LogP contribution < -0.4 is 5.32 Å². The van der Waals surface area contributed by atoms with E-state index in [1.165, 1.54) is 6.42 Å². The van der Waals surface area contributed by atoms with Crippen molar-refractivity contribution in [3.8, 4) is 0 Å². The topological polar surface area (TPSA) is 38.1 Å². The van der Waals surface area contributed by atoms with E-state index in [0.717, 1.165) is 36.9 Å². The Morgan fingerprint density at radius 2 is 2.43 bits per heavy atom. The molecule has 2 atom stereocenters. The van der Waals surface area contributed by atoms with Crippen molar-refractivity contribution in [2.75, 3.05) is 6.54 Å². The van der Waals surface area contributed by atoms with Crippen molar-refractivity contribution in [3.63, 3.8) is 0 Å². The normalized spacial score (nSPS) is 25.3. The summed E-state index contributed by atoms with van der Waals surface area (Å²) in [5, 5.41) is 3.35. The molecule has 0 spiro atoms. The lowest BCUT2D eigenvalue weighted by Gasteiger charge is -2.01. The van der Waals surface area contributed by atoms with Crippen LogP contribution in [0.5, 0.6) is 0 Å². The first-order valence-corrected chi connectivity index (χ1v) is 5.46. The predicted molar refractivity (Wildman–Crippen MR) is 55.0 cm³/mol. The third kappa shape index (κ3) is 1.98. The van der Waals surface area contributed by atoms with Gasteiger partial charge >= 0.3 is 0 Å². The van der Waals surface area contributed by atoms with Crippen molar-refractivity contribution in [1.82, 2.24) is 10.3 Å². The average Bonchev–Trinajstić information content (AvgIpc) is 2.73. The second-order valence-electron chi connectivity index (χ2n) is 4.16. The van der Waals surface area contributed by atoms with Gasteiger partial charge in [-0.3, -0.25) is 0 Å². The highest BCUT2D eigenvalue weighted by molar-refractivity contribution is 5.19.